The molecule has 1 aromatic carbocycles. The number of hydrogen-bond acceptors (Lipinski definition) is 3. The van der Waals surface area contributed by atoms with Crippen LogP contribution in [0.3, 0.4) is 0 Å². The fourth-order valence-corrected chi connectivity index (χ4v) is 1.89. The van der Waals surface area contributed by atoms with E-state index >= 15 is 0 Å². The lowest BCUT2D eigenvalue weighted by Crippen LogP contribution is -2.14. The molecule has 0 spiro atoms. The van der Waals surface area contributed by atoms with Crippen molar-refractivity contribution in [2.75, 3.05) is 17.2 Å². The van der Waals surface area contributed by atoms with Gasteiger partial charge >= 0.3 is 0 Å². The van der Waals surface area contributed by atoms with Gasteiger partial charge in [-0.2, -0.15) is 5.10 Å². The van der Waals surface area contributed by atoms with Gasteiger partial charge in [0.1, 0.15) is 0 Å². The third kappa shape index (κ3) is 3.38. The van der Waals surface area contributed by atoms with Gasteiger partial charge in [-0.3, -0.25) is 9.48 Å². The van der Waals surface area contributed by atoms with E-state index in [1.165, 1.54) is 0 Å². The number of nitrogens with zero attached hydrogens (tertiary/aromatic N) is 2. The largest absolute Gasteiger partial charge is 0.384 e. The number of para-hydroxylation sites is 1. The summed E-state index contributed by atoms with van der Waals surface area (Å²) >= 11 is 0. The summed E-state index contributed by atoms with van der Waals surface area (Å²) < 4.78 is 1.77. The SMILES string of the molecule is CCCNc1ccccc1C(=O)Nc1cnn(CC)c1. The fraction of sp³-hybridized carbons (Fsp3) is 0.333. The zero-order valence-corrected chi connectivity index (χ0v) is 11.9. The summed E-state index contributed by atoms with van der Waals surface area (Å²) in [6.45, 7) is 5.72. The molecule has 0 atom stereocenters. The molecule has 0 aliphatic heterocycles. The summed E-state index contributed by atoms with van der Waals surface area (Å²) in [5.41, 5.74) is 2.21. The first-order valence-corrected chi connectivity index (χ1v) is 6.91. The van der Waals surface area contributed by atoms with E-state index < -0.39 is 0 Å². The molecule has 0 saturated heterocycles. The third-order valence-corrected chi connectivity index (χ3v) is 2.95. The average molecular weight is 272 g/mol. The van der Waals surface area contributed by atoms with Crippen LogP contribution in [0, 0.1) is 0 Å². The number of benzene rings is 1. The molecule has 0 bridgehead atoms. The normalized spacial score (nSPS) is 10.3. The number of anilines is 2. The van der Waals surface area contributed by atoms with Crippen LogP contribution in [0.15, 0.2) is 36.7 Å². The van der Waals surface area contributed by atoms with Gasteiger partial charge in [0.15, 0.2) is 0 Å². The minimum atomic E-state index is -0.125. The van der Waals surface area contributed by atoms with Crippen LogP contribution >= 0.6 is 0 Å². The number of aryl methyl sites for hydroxylation is 1. The number of carbonyl (C=O) groups excluding carboxylic acids is 1. The second-order valence-electron chi connectivity index (χ2n) is 4.51. The molecular formula is C15H20N4O. The molecule has 0 aliphatic carbocycles. The molecule has 0 aliphatic rings. The average Bonchev–Trinajstić information content (AvgIpc) is 2.93. The Balaban J connectivity index is 2.12. The van der Waals surface area contributed by atoms with E-state index in [0.717, 1.165) is 25.2 Å². The summed E-state index contributed by atoms with van der Waals surface area (Å²) in [5.74, 6) is -0.125. The molecule has 0 radical (unpaired) electrons. The molecule has 2 N–H and O–H groups in total. The van der Waals surface area contributed by atoms with Gasteiger partial charge in [-0.1, -0.05) is 19.1 Å². The number of carbonyl (C=O) groups is 1. The van der Waals surface area contributed by atoms with Gasteiger partial charge in [-0.05, 0) is 25.5 Å². The van der Waals surface area contributed by atoms with Crippen molar-refractivity contribution in [1.29, 1.82) is 0 Å². The molecule has 5 heteroatoms. The summed E-state index contributed by atoms with van der Waals surface area (Å²) in [4.78, 5) is 12.3. The number of rotatable bonds is 6. The maximum Gasteiger partial charge on any atom is 0.257 e. The number of hydrogen-bond donors (Lipinski definition) is 2. The Hall–Kier alpha value is -2.30. The topological polar surface area (TPSA) is 59.0 Å². The molecule has 5 nitrogen and oxygen atoms in total. The molecule has 0 unspecified atom stereocenters. The van der Waals surface area contributed by atoms with Gasteiger partial charge in [-0.15, -0.1) is 0 Å². The van der Waals surface area contributed by atoms with Crippen LogP contribution in [0.1, 0.15) is 30.6 Å². The van der Waals surface area contributed by atoms with Crippen molar-refractivity contribution in [1.82, 2.24) is 9.78 Å². The Morgan fingerprint density at radius 2 is 2.10 bits per heavy atom. The van der Waals surface area contributed by atoms with Gasteiger partial charge in [0.2, 0.25) is 0 Å². The second kappa shape index (κ2) is 6.75. The van der Waals surface area contributed by atoms with E-state index in [0.29, 0.717) is 11.3 Å². The van der Waals surface area contributed by atoms with Crippen molar-refractivity contribution in [3.05, 3.63) is 42.2 Å². The molecule has 1 aromatic heterocycles. The second-order valence-corrected chi connectivity index (χ2v) is 4.51. The van der Waals surface area contributed by atoms with Gasteiger partial charge < -0.3 is 10.6 Å². The lowest BCUT2D eigenvalue weighted by molar-refractivity contribution is 0.102. The van der Waals surface area contributed by atoms with Gasteiger partial charge in [0.25, 0.3) is 5.91 Å². The molecule has 0 saturated carbocycles. The van der Waals surface area contributed by atoms with E-state index in [2.05, 4.69) is 22.7 Å². The van der Waals surface area contributed by atoms with E-state index in [9.17, 15) is 4.79 Å². The van der Waals surface area contributed by atoms with E-state index in [1.54, 1.807) is 10.9 Å². The zero-order valence-electron chi connectivity index (χ0n) is 11.9. The Labute approximate surface area is 119 Å². The monoisotopic (exact) mass is 272 g/mol. The van der Waals surface area contributed by atoms with Crippen molar-refractivity contribution in [2.24, 2.45) is 0 Å². The van der Waals surface area contributed by atoms with Crippen LogP contribution < -0.4 is 10.6 Å². The maximum atomic E-state index is 12.3. The third-order valence-electron chi connectivity index (χ3n) is 2.95. The van der Waals surface area contributed by atoms with Crippen LogP contribution in [0.5, 0.6) is 0 Å². The molecule has 2 aromatic rings. The van der Waals surface area contributed by atoms with Gasteiger partial charge in [0, 0.05) is 25.0 Å². The van der Waals surface area contributed by atoms with Crippen LogP contribution in [-0.2, 0) is 6.54 Å². The quantitative estimate of drug-likeness (QED) is 0.850. The Morgan fingerprint density at radius 3 is 2.80 bits per heavy atom. The first kappa shape index (κ1) is 14.1. The maximum absolute atomic E-state index is 12.3. The standard InChI is InChI=1S/C15H20N4O/c1-3-9-16-14-8-6-5-7-13(14)15(20)18-12-10-17-19(4-2)11-12/h5-8,10-11,16H,3-4,9H2,1-2H3,(H,18,20). The fourth-order valence-electron chi connectivity index (χ4n) is 1.89. The van der Waals surface area contributed by atoms with Crippen molar-refractivity contribution in [2.45, 2.75) is 26.8 Å². The predicted octanol–water partition coefficient (Wildman–Crippen LogP) is 2.98. The highest BCUT2D eigenvalue weighted by Gasteiger charge is 2.11. The highest BCUT2D eigenvalue weighted by Crippen LogP contribution is 2.17. The summed E-state index contributed by atoms with van der Waals surface area (Å²) in [7, 11) is 0. The highest BCUT2D eigenvalue weighted by molar-refractivity contribution is 6.07. The molecule has 0 fully saturated rings. The van der Waals surface area contributed by atoms with Crippen molar-refractivity contribution >= 4 is 17.3 Å². The molecule has 1 amide bonds. The first-order chi connectivity index (χ1) is 9.74. The molecular weight excluding hydrogens is 252 g/mol. The smallest absolute Gasteiger partial charge is 0.257 e. The minimum absolute atomic E-state index is 0.125. The highest BCUT2D eigenvalue weighted by atomic mass is 16.1. The van der Waals surface area contributed by atoms with E-state index in [1.807, 2.05) is 37.4 Å². The number of amides is 1. The van der Waals surface area contributed by atoms with Crippen molar-refractivity contribution < 1.29 is 4.79 Å². The predicted molar refractivity (Wildman–Crippen MR) is 81.1 cm³/mol. The van der Waals surface area contributed by atoms with Crippen molar-refractivity contribution in [3.63, 3.8) is 0 Å². The molecule has 1 heterocycles. The molecule has 20 heavy (non-hydrogen) atoms. The minimum Gasteiger partial charge on any atom is -0.384 e. The van der Waals surface area contributed by atoms with Crippen LogP contribution in [-0.4, -0.2) is 22.2 Å². The van der Waals surface area contributed by atoms with Gasteiger partial charge in [-0.25, -0.2) is 0 Å². The Kier molecular flexibility index (Phi) is 4.76. The number of nitrogens with one attached hydrogen (secondary N) is 2. The first-order valence-electron chi connectivity index (χ1n) is 6.91. The Bertz CT molecular complexity index is 577. The van der Waals surface area contributed by atoms with Gasteiger partial charge in [0.05, 0.1) is 17.4 Å². The number of aromatic nitrogens is 2. The Morgan fingerprint density at radius 1 is 1.30 bits per heavy atom. The summed E-state index contributed by atoms with van der Waals surface area (Å²) in [6, 6.07) is 7.52. The lowest BCUT2D eigenvalue weighted by Gasteiger charge is -2.10. The van der Waals surface area contributed by atoms with Crippen LogP contribution in [0.25, 0.3) is 0 Å². The summed E-state index contributed by atoms with van der Waals surface area (Å²) in [5, 5.41) is 10.3. The van der Waals surface area contributed by atoms with Crippen LogP contribution in [0.2, 0.25) is 0 Å². The summed E-state index contributed by atoms with van der Waals surface area (Å²) in [6.07, 6.45) is 4.49. The zero-order chi connectivity index (χ0) is 14.4. The van der Waals surface area contributed by atoms with E-state index in [-0.39, 0.29) is 5.91 Å². The lowest BCUT2D eigenvalue weighted by atomic mass is 10.1. The molecule has 106 valence electrons. The van der Waals surface area contributed by atoms with Crippen LogP contribution in [0.4, 0.5) is 11.4 Å². The molecule has 2 rings (SSSR count). The van der Waals surface area contributed by atoms with Crippen molar-refractivity contribution in [3.8, 4) is 0 Å². The van der Waals surface area contributed by atoms with E-state index in [4.69, 9.17) is 0 Å².